The zero-order chi connectivity index (χ0) is 13.5. The molecule has 7 heteroatoms. The average Bonchev–Trinajstić information content (AvgIpc) is 2.71. The Morgan fingerprint density at radius 3 is 2.28 bits per heavy atom. The van der Waals surface area contributed by atoms with Crippen molar-refractivity contribution in [1.29, 1.82) is 0 Å². The van der Waals surface area contributed by atoms with Gasteiger partial charge in [0, 0.05) is 27.3 Å². The molecule has 0 amide bonds. The highest BCUT2D eigenvalue weighted by Crippen LogP contribution is 2.25. The van der Waals surface area contributed by atoms with Crippen molar-refractivity contribution in [1.82, 2.24) is 4.98 Å². The van der Waals surface area contributed by atoms with Gasteiger partial charge in [0.2, 0.25) is 0 Å². The Labute approximate surface area is 110 Å². The molecule has 0 aliphatic carbocycles. The summed E-state index contributed by atoms with van der Waals surface area (Å²) in [5, 5.41) is 9.71. The lowest BCUT2D eigenvalue weighted by Gasteiger charge is -2.20. The van der Waals surface area contributed by atoms with Crippen molar-refractivity contribution in [2.24, 2.45) is 0 Å². The summed E-state index contributed by atoms with van der Waals surface area (Å²) in [6, 6.07) is 0. The molecule has 1 rings (SSSR count). The molecule has 1 heterocycles. The topological polar surface area (TPSA) is 71.9 Å². The van der Waals surface area contributed by atoms with Crippen LogP contribution in [0.4, 0.5) is 5.13 Å². The molecule has 0 atom stereocenters. The number of aromatic nitrogens is 1. The molecule has 0 bridgehead atoms. The van der Waals surface area contributed by atoms with E-state index in [1.54, 1.807) is 21.1 Å². The Morgan fingerprint density at radius 1 is 1.33 bits per heavy atom. The molecule has 1 aromatic rings. The van der Waals surface area contributed by atoms with Crippen molar-refractivity contribution in [3.8, 4) is 0 Å². The monoisotopic (exact) mass is 274 g/mol. The van der Waals surface area contributed by atoms with E-state index in [1.807, 2.05) is 4.90 Å². The summed E-state index contributed by atoms with van der Waals surface area (Å²) in [4.78, 5) is 17.5. The number of rotatable bonds is 8. The minimum atomic E-state index is -0.935. The van der Waals surface area contributed by atoms with Crippen LogP contribution in [0.1, 0.15) is 15.4 Å². The van der Waals surface area contributed by atoms with Crippen LogP contribution in [0.25, 0.3) is 0 Å². The number of methoxy groups -OCH3 is 2. The maximum Gasteiger partial charge on any atom is 0.347 e. The molecule has 102 valence electrons. The van der Waals surface area contributed by atoms with Gasteiger partial charge in [0.05, 0.1) is 18.9 Å². The number of hydrogen-bond acceptors (Lipinski definition) is 6. The van der Waals surface area contributed by atoms with Gasteiger partial charge in [0.25, 0.3) is 0 Å². The van der Waals surface area contributed by atoms with Crippen LogP contribution in [0.2, 0.25) is 0 Å². The van der Waals surface area contributed by atoms with E-state index in [-0.39, 0.29) is 4.88 Å². The van der Waals surface area contributed by atoms with Crippen molar-refractivity contribution in [2.45, 2.75) is 6.92 Å². The molecule has 0 fully saturated rings. The first kappa shape index (κ1) is 14.9. The Bertz CT molecular complexity index is 386. The number of hydrogen-bond donors (Lipinski definition) is 1. The fourth-order valence-corrected chi connectivity index (χ4v) is 2.38. The van der Waals surface area contributed by atoms with Crippen molar-refractivity contribution in [3.05, 3.63) is 10.6 Å². The van der Waals surface area contributed by atoms with Crippen molar-refractivity contribution < 1.29 is 19.4 Å². The second-order valence-electron chi connectivity index (χ2n) is 3.69. The molecular weight excluding hydrogens is 256 g/mol. The number of ether oxygens (including phenoxy) is 2. The van der Waals surface area contributed by atoms with Crippen LogP contribution in [0, 0.1) is 6.92 Å². The molecule has 0 radical (unpaired) electrons. The van der Waals surface area contributed by atoms with E-state index in [4.69, 9.17) is 14.6 Å². The third-order valence-corrected chi connectivity index (χ3v) is 3.59. The van der Waals surface area contributed by atoms with Crippen molar-refractivity contribution in [2.75, 3.05) is 45.4 Å². The Hall–Kier alpha value is -1.18. The molecule has 0 saturated carbocycles. The summed E-state index contributed by atoms with van der Waals surface area (Å²) in [6.07, 6.45) is 0. The highest BCUT2D eigenvalue weighted by atomic mass is 32.1. The number of nitrogens with zero attached hydrogens (tertiary/aromatic N) is 2. The van der Waals surface area contributed by atoms with Gasteiger partial charge in [-0.3, -0.25) is 0 Å². The van der Waals surface area contributed by atoms with E-state index in [1.165, 1.54) is 11.3 Å². The van der Waals surface area contributed by atoms with Crippen LogP contribution in [0.15, 0.2) is 0 Å². The van der Waals surface area contributed by atoms with E-state index in [0.29, 0.717) is 37.1 Å². The number of carboxylic acids is 1. The first-order valence-corrected chi connectivity index (χ1v) is 6.35. The van der Waals surface area contributed by atoms with Crippen LogP contribution < -0.4 is 4.90 Å². The summed E-state index contributed by atoms with van der Waals surface area (Å²) in [5.41, 5.74) is 0.544. The fourth-order valence-electron chi connectivity index (χ4n) is 1.42. The summed E-state index contributed by atoms with van der Waals surface area (Å²) in [6.45, 7) is 4.14. The Balaban J connectivity index is 2.83. The minimum Gasteiger partial charge on any atom is -0.477 e. The molecule has 0 aliphatic rings. The Kier molecular flexibility index (Phi) is 6.03. The molecule has 0 unspecified atom stereocenters. The zero-order valence-corrected chi connectivity index (χ0v) is 11.6. The van der Waals surface area contributed by atoms with Gasteiger partial charge < -0.3 is 19.5 Å². The molecule has 18 heavy (non-hydrogen) atoms. The number of carboxylic acid groups (broad SMARTS) is 1. The SMILES string of the molecule is COCCN(CCOC)c1nc(C)c(C(=O)O)s1. The quantitative estimate of drug-likeness (QED) is 0.769. The van der Waals surface area contributed by atoms with Gasteiger partial charge >= 0.3 is 5.97 Å². The van der Waals surface area contributed by atoms with Crippen LogP contribution >= 0.6 is 11.3 Å². The lowest BCUT2D eigenvalue weighted by molar-refractivity contribution is 0.0701. The smallest absolute Gasteiger partial charge is 0.347 e. The van der Waals surface area contributed by atoms with Crippen molar-refractivity contribution >= 4 is 22.4 Å². The normalized spacial score (nSPS) is 10.6. The number of thiazole rings is 1. The number of carbonyl (C=O) groups is 1. The van der Waals surface area contributed by atoms with Crippen LogP contribution in [-0.4, -0.2) is 56.6 Å². The maximum atomic E-state index is 11.0. The molecule has 0 aliphatic heterocycles. The van der Waals surface area contributed by atoms with Gasteiger partial charge in [-0.25, -0.2) is 9.78 Å². The number of aromatic carboxylic acids is 1. The predicted octanol–water partition coefficient (Wildman–Crippen LogP) is 1.25. The summed E-state index contributed by atoms with van der Waals surface area (Å²) in [5.74, 6) is -0.935. The molecule has 1 aromatic heterocycles. The average molecular weight is 274 g/mol. The predicted molar refractivity (Wildman–Crippen MR) is 69.8 cm³/mol. The summed E-state index contributed by atoms with van der Waals surface area (Å²) in [7, 11) is 3.26. The molecular formula is C11H18N2O4S. The molecule has 0 spiro atoms. The van der Waals surface area contributed by atoms with Gasteiger partial charge in [-0.05, 0) is 6.92 Å². The maximum absolute atomic E-state index is 11.0. The molecule has 0 aromatic carbocycles. The van der Waals surface area contributed by atoms with E-state index >= 15 is 0 Å². The van der Waals surface area contributed by atoms with E-state index in [2.05, 4.69) is 4.98 Å². The first-order chi connectivity index (χ1) is 8.60. The third-order valence-electron chi connectivity index (χ3n) is 2.38. The lowest BCUT2D eigenvalue weighted by Crippen LogP contribution is -2.30. The largest absolute Gasteiger partial charge is 0.477 e. The van der Waals surface area contributed by atoms with Crippen LogP contribution in [-0.2, 0) is 9.47 Å². The fraction of sp³-hybridized carbons (Fsp3) is 0.636. The highest BCUT2D eigenvalue weighted by molar-refractivity contribution is 7.17. The van der Waals surface area contributed by atoms with Gasteiger partial charge in [-0.2, -0.15) is 0 Å². The van der Waals surface area contributed by atoms with E-state index < -0.39 is 5.97 Å². The van der Waals surface area contributed by atoms with E-state index in [0.717, 1.165) is 0 Å². The zero-order valence-electron chi connectivity index (χ0n) is 10.8. The van der Waals surface area contributed by atoms with Gasteiger partial charge in [-0.1, -0.05) is 11.3 Å². The number of aryl methyl sites for hydroxylation is 1. The minimum absolute atomic E-state index is 0.282. The second kappa shape index (κ2) is 7.30. The van der Waals surface area contributed by atoms with Crippen LogP contribution in [0.5, 0.6) is 0 Å². The summed E-state index contributed by atoms with van der Waals surface area (Å²) < 4.78 is 10.1. The summed E-state index contributed by atoms with van der Waals surface area (Å²) >= 11 is 1.18. The van der Waals surface area contributed by atoms with Gasteiger partial charge in [0.15, 0.2) is 5.13 Å². The molecule has 1 N–H and O–H groups in total. The second-order valence-corrected chi connectivity index (χ2v) is 4.67. The highest BCUT2D eigenvalue weighted by Gasteiger charge is 2.17. The van der Waals surface area contributed by atoms with Crippen LogP contribution in [0.3, 0.4) is 0 Å². The Morgan fingerprint density at radius 2 is 1.89 bits per heavy atom. The third kappa shape index (κ3) is 3.94. The van der Waals surface area contributed by atoms with E-state index in [9.17, 15) is 4.79 Å². The lowest BCUT2D eigenvalue weighted by atomic mass is 10.4. The van der Waals surface area contributed by atoms with Crippen molar-refractivity contribution in [3.63, 3.8) is 0 Å². The standard InChI is InChI=1S/C11H18N2O4S/c1-8-9(10(14)15)18-11(12-8)13(4-6-16-2)5-7-17-3/h4-7H2,1-3H3,(H,14,15). The first-order valence-electron chi connectivity index (χ1n) is 5.53. The van der Waals surface area contributed by atoms with Gasteiger partial charge in [-0.15, -0.1) is 0 Å². The molecule has 6 nitrogen and oxygen atoms in total. The number of anilines is 1. The molecule has 0 saturated heterocycles. The van der Waals surface area contributed by atoms with Gasteiger partial charge in [0.1, 0.15) is 4.88 Å².